The summed E-state index contributed by atoms with van der Waals surface area (Å²) in [5.74, 6) is 0. The molecule has 0 rings (SSSR count). The summed E-state index contributed by atoms with van der Waals surface area (Å²) >= 11 is 6.10. The molecule has 0 atom stereocenters. The van der Waals surface area contributed by atoms with Crippen molar-refractivity contribution in [3.05, 3.63) is 10.6 Å². The highest BCUT2D eigenvalue weighted by atomic mass is 35.5. The van der Waals surface area contributed by atoms with Crippen molar-refractivity contribution in [1.29, 1.82) is 0 Å². The van der Waals surface area contributed by atoms with Gasteiger partial charge in [-0.25, -0.2) is 0 Å². The number of hydrogen-bond acceptors (Lipinski definition) is 0. The Morgan fingerprint density at radius 3 is 1.64 bits per heavy atom. The molecule has 0 amide bonds. The Balaban J connectivity index is 4.66. The summed E-state index contributed by atoms with van der Waals surface area (Å²) in [6, 6.07) is 0. The van der Waals surface area contributed by atoms with Crippen LogP contribution in [-0.4, -0.2) is 0 Å². The molecule has 0 N–H and O–H groups in total. The molecule has 66 valence electrons. The molecular formula is C10H19Cl. The van der Waals surface area contributed by atoms with E-state index < -0.39 is 0 Å². The van der Waals surface area contributed by atoms with Crippen LogP contribution in [-0.2, 0) is 0 Å². The van der Waals surface area contributed by atoms with Gasteiger partial charge in [-0.05, 0) is 18.3 Å². The molecule has 0 aliphatic carbocycles. The maximum absolute atomic E-state index is 6.10. The molecule has 0 heterocycles. The van der Waals surface area contributed by atoms with Gasteiger partial charge in [0.1, 0.15) is 0 Å². The topological polar surface area (TPSA) is 0 Å². The van der Waals surface area contributed by atoms with Gasteiger partial charge in [-0.3, -0.25) is 0 Å². The molecule has 0 bridgehead atoms. The quantitative estimate of drug-likeness (QED) is 0.584. The van der Waals surface area contributed by atoms with Crippen LogP contribution in [0.25, 0.3) is 0 Å². The minimum atomic E-state index is 0.238. The minimum absolute atomic E-state index is 0.238. The lowest BCUT2D eigenvalue weighted by Gasteiger charge is -2.23. The Morgan fingerprint density at radius 2 is 1.55 bits per heavy atom. The van der Waals surface area contributed by atoms with E-state index >= 15 is 0 Å². The maximum atomic E-state index is 6.10. The van der Waals surface area contributed by atoms with Crippen LogP contribution in [0.5, 0.6) is 0 Å². The zero-order chi connectivity index (χ0) is 9.07. The summed E-state index contributed by atoms with van der Waals surface area (Å²) in [5, 5.41) is 1.04. The van der Waals surface area contributed by atoms with E-state index in [1.54, 1.807) is 0 Å². The molecule has 0 aromatic rings. The number of halogens is 1. The van der Waals surface area contributed by atoms with Crippen LogP contribution in [0.15, 0.2) is 10.6 Å². The lowest BCUT2D eigenvalue weighted by atomic mass is 9.84. The van der Waals surface area contributed by atoms with Crippen molar-refractivity contribution in [3.8, 4) is 0 Å². The smallest absolute Gasteiger partial charge is 0.0175 e. The van der Waals surface area contributed by atoms with Crippen LogP contribution >= 0.6 is 11.6 Å². The van der Waals surface area contributed by atoms with E-state index in [4.69, 9.17) is 11.6 Å². The molecule has 1 heteroatoms. The molecule has 11 heavy (non-hydrogen) atoms. The van der Waals surface area contributed by atoms with E-state index in [2.05, 4.69) is 34.6 Å². The fraction of sp³-hybridized carbons (Fsp3) is 0.800. The van der Waals surface area contributed by atoms with E-state index in [1.165, 1.54) is 5.57 Å². The Morgan fingerprint density at radius 1 is 1.09 bits per heavy atom. The van der Waals surface area contributed by atoms with Gasteiger partial charge in [0.05, 0.1) is 0 Å². The van der Waals surface area contributed by atoms with Gasteiger partial charge in [-0.2, -0.15) is 0 Å². The number of rotatable bonds is 2. The summed E-state index contributed by atoms with van der Waals surface area (Å²) in [7, 11) is 0. The number of hydrogen-bond donors (Lipinski definition) is 0. The van der Waals surface area contributed by atoms with E-state index in [1.807, 2.05) is 0 Å². The fourth-order valence-corrected chi connectivity index (χ4v) is 1.76. The van der Waals surface area contributed by atoms with Crippen LogP contribution in [0.1, 0.15) is 47.5 Å². The van der Waals surface area contributed by atoms with E-state index in [0.717, 1.165) is 17.9 Å². The van der Waals surface area contributed by atoms with Crippen molar-refractivity contribution in [2.45, 2.75) is 47.5 Å². The molecule has 0 aliphatic rings. The lowest BCUT2D eigenvalue weighted by molar-refractivity contribution is 0.484. The van der Waals surface area contributed by atoms with Crippen molar-refractivity contribution in [3.63, 3.8) is 0 Å². The summed E-state index contributed by atoms with van der Waals surface area (Å²) in [5.41, 5.74) is 1.63. The molecule has 0 aromatic heterocycles. The molecule has 0 saturated heterocycles. The molecule has 0 spiro atoms. The van der Waals surface area contributed by atoms with Crippen molar-refractivity contribution in [1.82, 2.24) is 0 Å². The van der Waals surface area contributed by atoms with Crippen molar-refractivity contribution >= 4 is 11.6 Å². The van der Waals surface area contributed by atoms with E-state index in [9.17, 15) is 0 Å². The normalized spacial score (nSPS) is 14.7. The molecule has 0 nitrogen and oxygen atoms in total. The highest BCUT2D eigenvalue weighted by Crippen LogP contribution is 2.32. The Hall–Kier alpha value is 0.0300. The first kappa shape index (κ1) is 11.0. The Kier molecular flexibility index (Phi) is 4.17. The Bertz CT molecular complexity index is 149. The molecular weight excluding hydrogens is 156 g/mol. The van der Waals surface area contributed by atoms with Gasteiger partial charge in [-0.15, -0.1) is 0 Å². The molecule has 0 unspecified atom stereocenters. The van der Waals surface area contributed by atoms with Gasteiger partial charge in [0.25, 0.3) is 0 Å². The van der Waals surface area contributed by atoms with Gasteiger partial charge in [-0.1, -0.05) is 51.8 Å². The van der Waals surface area contributed by atoms with Gasteiger partial charge in [0.2, 0.25) is 0 Å². The second kappa shape index (κ2) is 4.15. The highest BCUT2D eigenvalue weighted by Gasteiger charge is 2.17. The van der Waals surface area contributed by atoms with Crippen LogP contribution in [0.2, 0.25) is 0 Å². The van der Waals surface area contributed by atoms with E-state index in [-0.39, 0.29) is 5.41 Å². The highest BCUT2D eigenvalue weighted by molar-refractivity contribution is 6.29. The second-order valence-corrected chi connectivity index (χ2v) is 4.30. The van der Waals surface area contributed by atoms with Crippen LogP contribution in [0.3, 0.4) is 0 Å². The third kappa shape index (κ3) is 3.29. The van der Waals surface area contributed by atoms with Crippen molar-refractivity contribution in [2.24, 2.45) is 5.41 Å². The standard InChI is InChI=1S/C10H19Cl/c1-6-8(9(11)7-2)10(3,4)5/h6-7H2,1-5H3. The molecule has 0 aliphatic heterocycles. The van der Waals surface area contributed by atoms with Gasteiger partial charge in [0.15, 0.2) is 0 Å². The van der Waals surface area contributed by atoms with Gasteiger partial charge >= 0.3 is 0 Å². The van der Waals surface area contributed by atoms with Crippen molar-refractivity contribution in [2.75, 3.05) is 0 Å². The fourth-order valence-electron chi connectivity index (χ4n) is 1.34. The zero-order valence-electron chi connectivity index (χ0n) is 8.29. The van der Waals surface area contributed by atoms with Gasteiger partial charge < -0.3 is 0 Å². The first-order chi connectivity index (χ1) is 4.93. The van der Waals surface area contributed by atoms with Crippen LogP contribution in [0, 0.1) is 5.41 Å². The zero-order valence-corrected chi connectivity index (χ0v) is 9.05. The first-order valence-electron chi connectivity index (χ1n) is 4.31. The SMILES string of the molecule is CCC(Cl)=C(CC)C(C)(C)C. The molecule has 0 saturated carbocycles. The molecule has 0 aromatic carbocycles. The second-order valence-electron chi connectivity index (χ2n) is 3.84. The molecule has 0 radical (unpaired) electrons. The lowest BCUT2D eigenvalue weighted by Crippen LogP contribution is -2.10. The largest absolute Gasteiger partial charge is 0.0892 e. The monoisotopic (exact) mass is 174 g/mol. The summed E-state index contributed by atoms with van der Waals surface area (Å²) < 4.78 is 0. The average molecular weight is 175 g/mol. The van der Waals surface area contributed by atoms with Crippen molar-refractivity contribution < 1.29 is 0 Å². The third-order valence-electron chi connectivity index (χ3n) is 1.90. The summed E-state index contributed by atoms with van der Waals surface area (Å²) in [6.07, 6.45) is 2.03. The predicted molar refractivity (Wildman–Crippen MR) is 52.9 cm³/mol. The maximum Gasteiger partial charge on any atom is 0.0175 e. The summed E-state index contributed by atoms with van der Waals surface area (Å²) in [6.45, 7) is 10.9. The average Bonchev–Trinajstić information content (AvgIpc) is 1.86. The first-order valence-corrected chi connectivity index (χ1v) is 4.69. The summed E-state index contributed by atoms with van der Waals surface area (Å²) in [4.78, 5) is 0. The molecule has 0 fully saturated rings. The van der Waals surface area contributed by atoms with Crippen LogP contribution in [0.4, 0.5) is 0 Å². The van der Waals surface area contributed by atoms with Gasteiger partial charge in [0, 0.05) is 5.03 Å². The number of allylic oxidation sites excluding steroid dienone is 2. The minimum Gasteiger partial charge on any atom is -0.0892 e. The predicted octanol–water partition coefficient (Wildman–Crippen LogP) is 4.35. The third-order valence-corrected chi connectivity index (χ3v) is 2.39. The Labute approximate surface area is 75.6 Å². The van der Waals surface area contributed by atoms with Crippen LogP contribution < -0.4 is 0 Å². The van der Waals surface area contributed by atoms with E-state index in [0.29, 0.717) is 0 Å².